The molecule has 0 N–H and O–H groups in total. The number of anilines is 11. The number of para-hydroxylation sites is 7. The van der Waals surface area contributed by atoms with Crippen LogP contribution in [0.2, 0.25) is 0 Å². The smallest absolute Gasteiger partial charge is 0.151 e. The van der Waals surface area contributed by atoms with Crippen LogP contribution in [0.1, 0.15) is 0 Å². The normalized spacial score (nSPS) is 12.6. The van der Waals surface area contributed by atoms with Gasteiger partial charge in [0.1, 0.15) is 0 Å². The molecule has 9 aromatic carbocycles. The fourth-order valence-corrected chi connectivity index (χ4v) is 8.58. The second-order valence-electron chi connectivity index (χ2n) is 14.7. The summed E-state index contributed by atoms with van der Waals surface area (Å²) < 4.78 is 6.30. The fourth-order valence-electron chi connectivity index (χ4n) is 8.58. The first-order valence-electron chi connectivity index (χ1n) is 19.7. The summed E-state index contributed by atoms with van der Waals surface area (Å²) in [6, 6.07) is 75.5. The Kier molecular flexibility index (Phi) is 7.97. The van der Waals surface area contributed by atoms with Gasteiger partial charge in [0, 0.05) is 35.2 Å². The first-order chi connectivity index (χ1) is 28.7. The number of fused-ring (bicyclic) bond motifs is 5. The number of benzene rings is 9. The van der Waals surface area contributed by atoms with Crippen molar-refractivity contribution in [2.45, 2.75) is 0 Å². The highest BCUT2D eigenvalue weighted by molar-refractivity contribution is 6.01. The van der Waals surface area contributed by atoms with Crippen LogP contribution in [0.25, 0.3) is 21.9 Å². The van der Waals surface area contributed by atoms with Gasteiger partial charge in [-0.25, -0.2) is 0 Å². The van der Waals surface area contributed by atoms with Crippen molar-refractivity contribution < 1.29 is 4.74 Å². The van der Waals surface area contributed by atoms with Crippen LogP contribution >= 0.6 is 0 Å². The van der Waals surface area contributed by atoms with Gasteiger partial charge in [-0.2, -0.15) is 0 Å². The van der Waals surface area contributed by atoms with Crippen LogP contribution in [-0.2, 0) is 0 Å². The van der Waals surface area contributed by atoms with Crippen molar-refractivity contribution in [3.8, 4) is 22.6 Å². The van der Waals surface area contributed by atoms with Crippen molar-refractivity contribution >= 4 is 73.3 Å². The van der Waals surface area contributed by atoms with E-state index >= 15 is 0 Å². The van der Waals surface area contributed by atoms with Crippen LogP contribution in [0, 0.1) is 0 Å². The summed E-state index contributed by atoms with van der Waals surface area (Å²) in [5, 5.41) is 2.39. The highest BCUT2D eigenvalue weighted by Crippen LogP contribution is 2.53. The van der Waals surface area contributed by atoms with Gasteiger partial charge in [0.15, 0.2) is 11.5 Å². The predicted molar refractivity (Wildman–Crippen MR) is 242 cm³/mol. The molecule has 0 fully saturated rings. The number of hydrogen-bond acceptors (Lipinski definition) is 5. The lowest BCUT2D eigenvalue weighted by atomic mass is 10.00. The van der Waals surface area contributed by atoms with Gasteiger partial charge < -0.3 is 24.3 Å². The van der Waals surface area contributed by atoms with Gasteiger partial charge in [-0.15, -0.1) is 0 Å². The standard InChI is InChI=1S/C53H38N4O/c1-54-46-19-7-8-20-47(46)56(40-16-3-2-4-17-40)48-35-28-39(36-51(48)54)37-26-29-41(30-27-37)55(45-23-13-15-38-14-5-6-18-44(38)45)42-31-33-43(34-32-42)57-49-21-9-11-24-52(49)58-53-25-12-10-22-50(53)57/h2-36H,1H3. The monoisotopic (exact) mass is 746 g/mol. The highest BCUT2D eigenvalue weighted by atomic mass is 16.5. The number of hydrogen-bond donors (Lipinski definition) is 0. The molecule has 0 aromatic heterocycles. The average Bonchev–Trinajstić information content (AvgIpc) is 3.29. The molecule has 0 amide bonds. The van der Waals surface area contributed by atoms with E-state index in [0.717, 1.165) is 73.8 Å². The highest BCUT2D eigenvalue weighted by Gasteiger charge is 2.28. The van der Waals surface area contributed by atoms with E-state index in [-0.39, 0.29) is 0 Å². The van der Waals surface area contributed by atoms with Crippen molar-refractivity contribution in [3.05, 3.63) is 212 Å². The Bertz CT molecular complexity index is 2910. The Morgan fingerprint density at radius 1 is 0.379 bits per heavy atom. The molecular formula is C53H38N4O. The molecule has 58 heavy (non-hydrogen) atoms. The number of rotatable bonds is 6. The number of nitrogens with zero attached hydrogens (tertiary/aromatic N) is 4. The third kappa shape index (κ3) is 5.55. The molecule has 0 atom stereocenters. The first-order valence-corrected chi connectivity index (χ1v) is 19.7. The summed E-state index contributed by atoms with van der Waals surface area (Å²) >= 11 is 0. The summed E-state index contributed by atoms with van der Waals surface area (Å²) in [5.74, 6) is 1.68. The van der Waals surface area contributed by atoms with Gasteiger partial charge in [0.25, 0.3) is 0 Å². The van der Waals surface area contributed by atoms with E-state index in [0.29, 0.717) is 0 Å². The van der Waals surface area contributed by atoms with E-state index in [4.69, 9.17) is 4.74 Å². The quantitative estimate of drug-likeness (QED) is 0.168. The van der Waals surface area contributed by atoms with Crippen LogP contribution in [0.5, 0.6) is 11.5 Å². The summed E-state index contributed by atoms with van der Waals surface area (Å²) in [4.78, 5) is 9.32. The zero-order chi connectivity index (χ0) is 38.6. The second kappa shape index (κ2) is 13.8. The van der Waals surface area contributed by atoms with Crippen LogP contribution < -0.4 is 24.3 Å². The van der Waals surface area contributed by atoms with Crippen LogP contribution in [0.15, 0.2) is 212 Å². The molecule has 2 aliphatic rings. The SMILES string of the molecule is CN1c2ccccc2N(c2ccccc2)c2ccc(-c3ccc(N(c4ccc(N5c6ccccc6Oc6ccccc65)cc4)c4cccc5ccccc45)cc3)cc21. The molecule has 0 saturated carbocycles. The Morgan fingerprint density at radius 2 is 0.897 bits per heavy atom. The van der Waals surface area contributed by atoms with Gasteiger partial charge in [-0.05, 0) is 120 Å². The van der Waals surface area contributed by atoms with Gasteiger partial charge in [-0.1, -0.05) is 109 Å². The summed E-state index contributed by atoms with van der Waals surface area (Å²) in [7, 11) is 2.16. The summed E-state index contributed by atoms with van der Waals surface area (Å²) in [6.07, 6.45) is 0. The Morgan fingerprint density at radius 3 is 1.62 bits per heavy atom. The maximum atomic E-state index is 6.30. The fraction of sp³-hybridized carbons (Fsp3) is 0.0189. The van der Waals surface area contributed by atoms with E-state index in [1.54, 1.807) is 0 Å². The molecule has 2 heterocycles. The Labute approximate surface area is 338 Å². The largest absolute Gasteiger partial charge is 0.453 e. The maximum absolute atomic E-state index is 6.30. The minimum atomic E-state index is 0.839. The topological polar surface area (TPSA) is 22.2 Å². The van der Waals surface area contributed by atoms with Gasteiger partial charge in [0.2, 0.25) is 0 Å². The summed E-state index contributed by atoms with van der Waals surface area (Å²) in [5.41, 5.74) is 14.5. The van der Waals surface area contributed by atoms with E-state index in [9.17, 15) is 0 Å². The van der Waals surface area contributed by atoms with Crippen LogP contribution in [0.3, 0.4) is 0 Å². The number of ether oxygens (including phenoxy) is 1. The molecule has 276 valence electrons. The molecule has 11 rings (SSSR count). The molecule has 9 aromatic rings. The predicted octanol–water partition coefficient (Wildman–Crippen LogP) is 15.1. The summed E-state index contributed by atoms with van der Waals surface area (Å²) in [6.45, 7) is 0. The van der Waals surface area contributed by atoms with Gasteiger partial charge in [-0.3, -0.25) is 0 Å². The van der Waals surface area contributed by atoms with Crippen LogP contribution in [-0.4, -0.2) is 7.05 Å². The Hall–Kier alpha value is -7.76. The molecule has 2 aliphatic heterocycles. The van der Waals surface area contributed by atoms with E-state index < -0.39 is 0 Å². The lowest BCUT2D eigenvalue weighted by Crippen LogP contribution is -2.24. The van der Waals surface area contributed by atoms with E-state index in [2.05, 4.69) is 215 Å². The minimum absolute atomic E-state index is 0.839. The second-order valence-corrected chi connectivity index (χ2v) is 14.7. The molecule has 5 heteroatoms. The van der Waals surface area contributed by atoms with Crippen molar-refractivity contribution in [2.75, 3.05) is 26.6 Å². The van der Waals surface area contributed by atoms with Crippen molar-refractivity contribution in [3.63, 3.8) is 0 Å². The lowest BCUT2D eigenvalue weighted by molar-refractivity contribution is 0.477. The van der Waals surface area contributed by atoms with E-state index in [1.165, 1.54) is 22.1 Å². The lowest BCUT2D eigenvalue weighted by Gasteiger charge is -2.38. The molecule has 0 unspecified atom stereocenters. The van der Waals surface area contributed by atoms with E-state index in [1.807, 2.05) is 24.3 Å². The van der Waals surface area contributed by atoms with Gasteiger partial charge in [0.05, 0.1) is 39.8 Å². The molecule has 0 spiro atoms. The van der Waals surface area contributed by atoms with Crippen molar-refractivity contribution in [1.29, 1.82) is 0 Å². The van der Waals surface area contributed by atoms with Crippen LogP contribution in [0.4, 0.5) is 62.6 Å². The zero-order valence-electron chi connectivity index (χ0n) is 31.9. The maximum Gasteiger partial charge on any atom is 0.151 e. The molecular weight excluding hydrogens is 709 g/mol. The average molecular weight is 747 g/mol. The third-order valence-corrected chi connectivity index (χ3v) is 11.3. The molecule has 0 bridgehead atoms. The third-order valence-electron chi connectivity index (χ3n) is 11.3. The minimum Gasteiger partial charge on any atom is -0.453 e. The zero-order valence-corrected chi connectivity index (χ0v) is 31.9. The van der Waals surface area contributed by atoms with Crippen molar-refractivity contribution in [2.24, 2.45) is 0 Å². The molecule has 0 saturated heterocycles. The molecule has 0 radical (unpaired) electrons. The van der Waals surface area contributed by atoms with Gasteiger partial charge >= 0.3 is 0 Å². The first kappa shape index (κ1) is 33.6. The Balaban J connectivity index is 0.986. The molecule has 0 aliphatic carbocycles. The van der Waals surface area contributed by atoms with Crippen molar-refractivity contribution in [1.82, 2.24) is 0 Å². The molecule has 5 nitrogen and oxygen atoms in total.